The molecule has 0 amide bonds. The van der Waals surface area contributed by atoms with E-state index >= 15 is 0 Å². The summed E-state index contributed by atoms with van der Waals surface area (Å²) >= 11 is 0. The molecule has 5 nitrogen and oxygen atoms in total. The summed E-state index contributed by atoms with van der Waals surface area (Å²) in [6.45, 7) is 21.0. The Bertz CT molecular complexity index is 346. The molecule has 6 heteroatoms. The molecule has 0 aromatic rings. The lowest BCUT2D eigenvalue weighted by Gasteiger charge is -2.30. The maximum Gasteiger partial charge on any atom is 0.191 e. The monoisotopic (exact) mass is 467 g/mol. The minimum absolute atomic E-state index is 0. The first-order chi connectivity index (χ1) is 11.4. The van der Waals surface area contributed by atoms with Crippen LogP contribution >= 0.6 is 24.0 Å². The zero-order chi connectivity index (χ0) is 17.9. The van der Waals surface area contributed by atoms with Crippen molar-refractivity contribution in [2.75, 3.05) is 45.8 Å². The minimum Gasteiger partial charge on any atom is -0.357 e. The van der Waals surface area contributed by atoms with E-state index in [1.54, 1.807) is 0 Å². The summed E-state index contributed by atoms with van der Waals surface area (Å²) in [5.41, 5.74) is 0. The predicted molar refractivity (Wildman–Crippen MR) is 121 cm³/mol. The van der Waals surface area contributed by atoms with Crippen LogP contribution in [0, 0.1) is 5.92 Å². The number of rotatable bonds is 10. The predicted octanol–water partition coefficient (Wildman–Crippen LogP) is 3.01. The van der Waals surface area contributed by atoms with Crippen LogP contribution in [0.4, 0.5) is 0 Å². The first-order valence-electron chi connectivity index (χ1n) is 9.94. The van der Waals surface area contributed by atoms with Gasteiger partial charge in [-0.3, -0.25) is 9.89 Å². The number of guanidine groups is 1. The van der Waals surface area contributed by atoms with Crippen LogP contribution in [0.25, 0.3) is 0 Å². The van der Waals surface area contributed by atoms with Crippen molar-refractivity contribution < 1.29 is 0 Å². The van der Waals surface area contributed by atoms with Crippen LogP contribution in [-0.4, -0.2) is 73.7 Å². The highest BCUT2D eigenvalue weighted by atomic mass is 127. The van der Waals surface area contributed by atoms with Gasteiger partial charge in [0.05, 0.1) is 0 Å². The SMILES string of the molecule is CCNC(=NCC(C)CN1CCCC1)NCCN(C(C)C)C(C)C.I. The van der Waals surface area contributed by atoms with E-state index in [2.05, 4.69) is 62.0 Å². The second-order valence-corrected chi connectivity index (χ2v) is 7.68. The van der Waals surface area contributed by atoms with Crippen LogP contribution in [0.15, 0.2) is 4.99 Å². The van der Waals surface area contributed by atoms with Crippen LogP contribution in [0.3, 0.4) is 0 Å². The number of nitrogens with one attached hydrogen (secondary N) is 2. The van der Waals surface area contributed by atoms with E-state index in [1.807, 2.05) is 0 Å². The van der Waals surface area contributed by atoms with Gasteiger partial charge in [-0.05, 0) is 66.5 Å². The van der Waals surface area contributed by atoms with Gasteiger partial charge in [0.25, 0.3) is 0 Å². The molecule has 2 N–H and O–H groups in total. The van der Waals surface area contributed by atoms with Crippen molar-refractivity contribution in [3.05, 3.63) is 0 Å². The summed E-state index contributed by atoms with van der Waals surface area (Å²) in [7, 11) is 0. The second kappa shape index (κ2) is 14.0. The van der Waals surface area contributed by atoms with Gasteiger partial charge in [-0.25, -0.2) is 0 Å². The van der Waals surface area contributed by atoms with Gasteiger partial charge in [-0.2, -0.15) is 0 Å². The molecular formula is C19H42IN5. The number of hydrogen-bond donors (Lipinski definition) is 2. The summed E-state index contributed by atoms with van der Waals surface area (Å²) in [5.74, 6) is 1.57. The van der Waals surface area contributed by atoms with E-state index in [9.17, 15) is 0 Å². The number of halogens is 1. The third-order valence-corrected chi connectivity index (χ3v) is 4.66. The van der Waals surface area contributed by atoms with Crippen molar-refractivity contribution in [1.29, 1.82) is 0 Å². The molecule has 0 spiro atoms. The molecular weight excluding hydrogens is 425 g/mol. The maximum absolute atomic E-state index is 4.79. The quantitative estimate of drug-likeness (QED) is 0.295. The smallest absolute Gasteiger partial charge is 0.191 e. The van der Waals surface area contributed by atoms with Crippen LogP contribution in [0.2, 0.25) is 0 Å². The average molecular weight is 467 g/mol. The van der Waals surface area contributed by atoms with Crippen LogP contribution < -0.4 is 10.6 Å². The highest BCUT2D eigenvalue weighted by molar-refractivity contribution is 14.0. The molecule has 25 heavy (non-hydrogen) atoms. The number of aliphatic imine (C=N–C) groups is 1. The lowest BCUT2D eigenvalue weighted by atomic mass is 10.2. The van der Waals surface area contributed by atoms with Crippen molar-refractivity contribution in [2.45, 2.75) is 66.5 Å². The van der Waals surface area contributed by atoms with E-state index < -0.39 is 0 Å². The Hall–Kier alpha value is -0.0800. The minimum atomic E-state index is 0. The number of likely N-dealkylation sites (tertiary alicyclic amines) is 1. The van der Waals surface area contributed by atoms with E-state index in [0.717, 1.165) is 32.1 Å². The topological polar surface area (TPSA) is 42.9 Å². The molecule has 1 atom stereocenters. The Morgan fingerprint density at radius 1 is 1.04 bits per heavy atom. The van der Waals surface area contributed by atoms with E-state index in [-0.39, 0.29) is 24.0 Å². The van der Waals surface area contributed by atoms with Crippen LogP contribution in [0.1, 0.15) is 54.4 Å². The normalized spacial score (nSPS) is 17.2. The summed E-state index contributed by atoms with van der Waals surface area (Å²) in [6.07, 6.45) is 2.73. The highest BCUT2D eigenvalue weighted by Gasteiger charge is 2.15. The first kappa shape index (κ1) is 24.9. The van der Waals surface area contributed by atoms with E-state index in [0.29, 0.717) is 18.0 Å². The van der Waals surface area contributed by atoms with Gasteiger partial charge in [0.1, 0.15) is 0 Å². The zero-order valence-electron chi connectivity index (χ0n) is 17.3. The van der Waals surface area contributed by atoms with Crippen molar-refractivity contribution in [2.24, 2.45) is 10.9 Å². The van der Waals surface area contributed by atoms with Gasteiger partial charge in [0.2, 0.25) is 0 Å². The summed E-state index contributed by atoms with van der Waals surface area (Å²) in [5, 5.41) is 6.86. The summed E-state index contributed by atoms with van der Waals surface area (Å²) < 4.78 is 0. The molecule has 0 aromatic carbocycles. The fourth-order valence-electron chi connectivity index (χ4n) is 3.47. The lowest BCUT2D eigenvalue weighted by molar-refractivity contribution is 0.178. The van der Waals surface area contributed by atoms with Crippen LogP contribution in [-0.2, 0) is 0 Å². The van der Waals surface area contributed by atoms with Crippen molar-refractivity contribution in [3.63, 3.8) is 0 Å². The molecule has 1 unspecified atom stereocenters. The Labute approximate surface area is 173 Å². The molecule has 150 valence electrons. The largest absolute Gasteiger partial charge is 0.357 e. The molecule has 1 heterocycles. The maximum atomic E-state index is 4.79. The Balaban J connectivity index is 0.00000576. The van der Waals surface area contributed by atoms with Crippen molar-refractivity contribution in [1.82, 2.24) is 20.4 Å². The number of nitrogens with zero attached hydrogens (tertiary/aromatic N) is 3. The zero-order valence-corrected chi connectivity index (χ0v) is 19.7. The van der Waals surface area contributed by atoms with Gasteiger partial charge in [0.15, 0.2) is 5.96 Å². The lowest BCUT2D eigenvalue weighted by Crippen LogP contribution is -2.45. The number of hydrogen-bond acceptors (Lipinski definition) is 3. The van der Waals surface area contributed by atoms with E-state index in [1.165, 1.54) is 32.5 Å². The van der Waals surface area contributed by atoms with Crippen molar-refractivity contribution >= 4 is 29.9 Å². The fraction of sp³-hybridized carbons (Fsp3) is 0.947. The molecule has 0 aromatic heterocycles. The second-order valence-electron chi connectivity index (χ2n) is 7.68. The Morgan fingerprint density at radius 2 is 1.64 bits per heavy atom. The molecule has 0 aliphatic carbocycles. The first-order valence-corrected chi connectivity index (χ1v) is 9.94. The summed E-state index contributed by atoms with van der Waals surface area (Å²) in [6, 6.07) is 1.15. The van der Waals surface area contributed by atoms with Gasteiger partial charge >= 0.3 is 0 Å². The molecule has 0 bridgehead atoms. The van der Waals surface area contributed by atoms with Crippen LogP contribution in [0.5, 0.6) is 0 Å². The van der Waals surface area contributed by atoms with Gasteiger partial charge < -0.3 is 15.5 Å². The van der Waals surface area contributed by atoms with Crippen molar-refractivity contribution in [3.8, 4) is 0 Å². The average Bonchev–Trinajstić information content (AvgIpc) is 3.01. The van der Waals surface area contributed by atoms with E-state index in [4.69, 9.17) is 4.99 Å². The van der Waals surface area contributed by atoms with Gasteiger partial charge in [0, 0.05) is 44.8 Å². The molecule has 1 rings (SSSR count). The molecule has 1 fully saturated rings. The molecule has 0 radical (unpaired) electrons. The fourth-order valence-corrected chi connectivity index (χ4v) is 3.47. The van der Waals surface area contributed by atoms with Gasteiger partial charge in [-0.15, -0.1) is 24.0 Å². The Kier molecular flexibility index (Phi) is 14.0. The third kappa shape index (κ3) is 10.6. The Morgan fingerprint density at radius 3 is 2.16 bits per heavy atom. The standard InChI is InChI=1S/C19H41N5.HI/c1-7-20-19(21-10-13-24(16(2)3)17(4)5)22-14-18(6)15-23-11-8-9-12-23;/h16-18H,7-15H2,1-6H3,(H2,20,21,22);1H. The highest BCUT2D eigenvalue weighted by Crippen LogP contribution is 2.10. The summed E-state index contributed by atoms with van der Waals surface area (Å²) in [4.78, 5) is 9.87. The third-order valence-electron chi connectivity index (χ3n) is 4.66. The molecule has 1 aliphatic heterocycles. The molecule has 1 saturated heterocycles. The molecule has 1 aliphatic rings. The molecule has 0 saturated carbocycles. The van der Waals surface area contributed by atoms with Gasteiger partial charge in [-0.1, -0.05) is 6.92 Å².